The number of nitrogens with one attached hydrogen (secondary N) is 1. The predicted molar refractivity (Wildman–Crippen MR) is 91.7 cm³/mol. The van der Waals surface area contributed by atoms with Gasteiger partial charge in [0, 0.05) is 15.5 Å². The lowest BCUT2D eigenvalue weighted by atomic mass is 10.1. The fourth-order valence-electron chi connectivity index (χ4n) is 2.60. The number of rotatable bonds is 5. The van der Waals surface area contributed by atoms with E-state index in [0.717, 1.165) is 24.5 Å². The number of thiophene rings is 1. The molecule has 3 rings (SSSR count). The molecule has 21 heavy (non-hydrogen) atoms. The fraction of sp³-hybridized carbons (Fsp3) is 0.412. The molecule has 0 radical (unpaired) electrons. The van der Waals surface area contributed by atoms with Crippen molar-refractivity contribution >= 4 is 23.1 Å². The summed E-state index contributed by atoms with van der Waals surface area (Å²) in [5.41, 5.74) is 1.36. The van der Waals surface area contributed by atoms with Gasteiger partial charge in [-0.3, -0.25) is 0 Å². The Hall–Kier alpha value is -0.970. The molecule has 0 spiro atoms. The van der Waals surface area contributed by atoms with Crippen LogP contribution in [0.15, 0.2) is 40.6 Å². The van der Waals surface area contributed by atoms with Gasteiger partial charge in [-0.25, -0.2) is 0 Å². The predicted octanol–water partition coefficient (Wildman–Crippen LogP) is 4.65. The number of benzene rings is 1. The topological polar surface area (TPSA) is 21.3 Å². The van der Waals surface area contributed by atoms with Crippen molar-refractivity contribution in [3.05, 3.63) is 46.2 Å². The van der Waals surface area contributed by atoms with Gasteiger partial charge in [0.05, 0.1) is 6.04 Å². The number of fused-ring (bicyclic) bond motifs is 1. The van der Waals surface area contributed by atoms with Crippen LogP contribution < -0.4 is 10.1 Å². The summed E-state index contributed by atoms with van der Waals surface area (Å²) in [6.45, 7) is 5.42. The van der Waals surface area contributed by atoms with E-state index in [4.69, 9.17) is 4.74 Å². The molecular weight excluding hydrogens is 298 g/mol. The van der Waals surface area contributed by atoms with Crippen LogP contribution in [0.3, 0.4) is 0 Å². The first-order valence-corrected chi connectivity index (χ1v) is 9.32. The molecule has 1 aliphatic heterocycles. The minimum Gasteiger partial charge on any atom is -0.486 e. The van der Waals surface area contributed by atoms with Gasteiger partial charge >= 0.3 is 0 Å². The molecule has 1 N–H and O–H groups in total. The molecule has 112 valence electrons. The SMILES string of the molecule is CCCNC(c1sccc1C)C1CSc2ccccc2O1. The van der Waals surface area contributed by atoms with Crippen molar-refractivity contribution < 1.29 is 4.74 Å². The van der Waals surface area contributed by atoms with E-state index >= 15 is 0 Å². The van der Waals surface area contributed by atoms with E-state index in [2.05, 4.69) is 48.8 Å². The van der Waals surface area contributed by atoms with E-state index in [-0.39, 0.29) is 12.1 Å². The van der Waals surface area contributed by atoms with Crippen molar-refractivity contribution in [3.63, 3.8) is 0 Å². The number of hydrogen-bond acceptors (Lipinski definition) is 4. The maximum atomic E-state index is 6.29. The molecule has 0 bridgehead atoms. The normalized spacial score (nSPS) is 18.9. The quantitative estimate of drug-likeness (QED) is 0.866. The van der Waals surface area contributed by atoms with Crippen LogP contribution in [-0.2, 0) is 0 Å². The zero-order valence-electron chi connectivity index (χ0n) is 12.5. The van der Waals surface area contributed by atoms with Crippen LogP contribution in [0.2, 0.25) is 0 Å². The van der Waals surface area contributed by atoms with Gasteiger partial charge in [0.2, 0.25) is 0 Å². The van der Waals surface area contributed by atoms with Crippen LogP contribution >= 0.6 is 23.1 Å². The Balaban J connectivity index is 1.83. The largest absolute Gasteiger partial charge is 0.486 e. The van der Waals surface area contributed by atoms with Gasteiger partial charge in [0.25, 0.3) is 0 Å². The van der Waals surface area contributed by atoms with Crippen molar-refractivity contribution in [1.82, 2.24) is 5.32 Å². The second-order valence-electron chi connectivity index (χ2n) is 5.31. The number of aryl methyl sites for hydroxylation is 1. The molecule has 0 aliphatic carbocycles. The molecule has 2 aromatic rings. The van der Waals surface area contributed by atoms with Gasteiger partial charge in [-0.05, 0) is 49.0 Å². The molecular formula is C17H21NOS2. The van der Waals surface area contributed by atoms with Gasteiger partial charge in [-0.1, -0.05) is 19.1 Å². The van der Waals surface area contributed by atoms with Crippen molar-refractivity contribution in [2.75, 3.05) is 12.3 Å². The van der Waals surface area contributed by atoms with E-state index < -0.39 is 0 Å². The van der Waals surface area contributed by atoms with Crippen LogP contribution in [0.25, 0.3) is 0 Å². The Morgan fingerprint density at radius 3 is 2.95 bits per heavy atom. The first-order valence-electron chi connectivity index (χ1n) is 7.45. The third-order valence-corrected chi connectivity index (χ3v) is 5.95. The lowest BCUT2D eigenvalue weighted by Gasteiger charge is -2.32. The zero-order valence-corrected chi connectivity index (χ0v) is 14.1. The van der Waals surface area contributed by atoms with Gasteiger partial charge in [-0.15, -0.1) is 23.1 Å². The molecule has 1 aliphatic rings. The highest BCUT2D eigenvalue weighted by Gasteiger charge is 2.30. The number of hydrogen-bond donors (Lipinski definition) is 1. The minimum absolute atomic E-state index is 0.189. The average molecular weight is 319 g/mol. The molecule has 1 aromatic heterocycles. The Labute approximate surface area is 134 Å². The van der Waals surface area contributed by atoms with Crippen LogP contribution in [0.4, 0.5) is 0 Å². The Bertz CT molecular complexity index is 596. The maximum Gasteiger partial charge on any atom is 0.133 e. The highest BCUT2D eigenvalue weighted by atomic mass is 32.2. The summed E-state index contributed by atoms with van der Waals surface area (Å²) in [6, 6.07) is 10.8. The van der Waals surface area contributed by atoms with E-state index in [1.54, 1.807) is 0 Å². The molecule has 1 aromatic carbocycles. The number of ether oxygens (including phenoxy) is 1. The molecule has 0 fully saturated rings. The Morgan fingerprint density at radius 2 is 2.19 bits per heavy atom. The molecule has 2 heterocycles. The summed E-state index contributed by atoms with van der Waals surface area (Å²) >= 11 is 3.73. The highest BCUT2D eigenvalue weighted by Crippen LogP contribution is 2.39. The third-order valence-electron chi connectivity index (χ3n) is 3.70. The lowest BCUT2D eigenvalue weighted by Crippen LogP contribution is -2.39. The van der Waals surface area contributed by atoms with Crippen molar-refractivity contribution in [3.8, 4) is 5.75 Å². The summed E-state index contributed by atoms with van der Waals surface area (Å²) in [5.74, 6) is 2.02. The summed E-state index contributed by atoms with van der Waals surface area (Å²) in [7, 11) is 0. The molecule has 0 amide bonds. The molecule has 0 saturated heterocycles. The summed E-state index contributed by atoms with van der Waals surface area (Å²) in [4.78, 5) is 2.67. The standard InChI is InChI=1S/C17H21NOS2/c1-3-9-18-16(17-12(2)8-10-20-17)14-11-21-15-7-5-4-6-13(15)19-14/h4-8,10,14,16,18H,3,9,11H2,1-2H3. The molecule has 2 unspecified atom stereocenters. The smallest absolute Gasteiger partial charge is 0.133 e. The summed E-state index contributed by atoms with van der Waals surface area (Å²) in [5, 5.41) is 5.86. The second-order valence-corrected chi connectivity index (χ2v) is 7.32. The van der Waals surface area contributed by atoms with Gasteiger partial charge in [-0.2, -0.15) is 0 Å². The Morgan fingerprint density at radius 1 is 1.33 bits per heavy atom. The average Bonchev–Trinajstić information content (AvgIpc) is 2.94. The lowest BCUT2D eigenvalue weighted by molar-refractivity contribution is 0.168. The van der Waals surface area contributed by atoms with Crippen LogP contribution in [0.1, 0.15) is 29.8 Å². The van der Waals surface area contributed by atoms with Crippen LogP contribution in [0, 0.1) is 6.92 Å². The minimum atomic E-state index is 0.189. The van der Waals surface area contributed by atoms with Crippen molar-refractivity contribution in [1.29, 1.82) is 0 Å². The monoisotopic (exact) mass is 319 g/mol. The van der Waals surface area contributed by atoms with E-state index in [1.807, 2.05) is 29.2 Å². The van der Waals surface area contributed by atoms with Crippen molar-refractivity contribution in [2.45, 2.75) is 37.3 Å². The van der Waals surface area contributed by atoms with Crippen LogP contribution in [0.5, 0.6) is 5.75 Å². The third kappa shape index (κ3) is 3.28. The molecule has 0 saturated carbocycles. The van der Waals surface area contributed by atoms with Gasteiger partial charge in [0.1, 0.15) is 11.9 Å². The summed E-state index contributed by atoms with van der Waals surface area (Å²) in [6.07, 6.45) is 1.32. The maximum absolute atomic E-state index is 6.29. The number of para-hydroxylation sites is 1. The first kappa shape index (κ1) is 14.9. The Kier molecular flexibility index (Phi) is 4.88. The van der Waals surface area contributed by atoms with Crippen molar-refractivity contribution in [2.24, 2.45) is 0 Å². The zero-order chi connectivity index (χ0) is 14.7. The van der Waals surface area contributed by atoms with E-state index in [0.29, 0.717) is 0 Å². The number of thioether (sulfide) groups is 1. The van der Waals surface area contributed by atoms with E-state index in [1.165, 1.54) is 15.3 Å². The highest BCUT2D eigenvalue weighted by molar-refractivity contribution is 7.99. The summed E-state index contributed by atoms with van der Waals surface area (Å²) < 4.78 is 6.29. The fourth-order valence-corrected chi connectivity index (χ4v) is 4.69. The molecule has 2 nitrogen and oxygen atoms in total. The van der Waals surface area contributed by atoms with E-state index in [9.17, 15) is 0 Å². The van der Waals surface area contributed by atoms with Gasteiger partial charge < -0.3 is 10.1 Å². The second kappa shape index (κ2) is 6.86. The van der Waals surface area contributed by atoms with Gasteiger partial charge in [0.15, 0.2) is 0 Å². The molecule has 2 atom stereocenters. The molecule has 4 heteroatoms. The van der Waals surface area contributed by atoms with Crippen LogP contribution in [-0.4, -0.2) is 18.4 Å². The first-order chi connectivity index (χ1) is 10.3.